The smallest absolute Gasteiger partial charge is 0.266 e. The maximum atomic E-state index is 13.3. The Balaban J connectivity index is 1.33. The molecule has 0 aliphatic rings. The Morgan fingerprint density at radius 1 is 1.03 bits per heavy atom. The Kier molecular flexibility index (Phi) is 6.33. The number of H-pyrrole nitrogens is 1. The number of para-hydroxylation sites is 2. The van der Waals surface area contributed by atoms with Crippen molar-refractivity contribution in [2.75, 3.05) is 12.3 Å². The lowest BCUT2D eigenvalue weighted by Crippen LogP contribution is -2.28. The van der Waals surface area contributed by atoms with Crippen LogP contribution in [0.15, 0.2) is 88.9 Å². The number of nitrogens with zero attached hydrogens (tertiary/aromatic N) is 3. The minimum absolute atomic E-state index is 0.120. The van der Waals surface area contributed by atoms with Crippen LogP contribution in [-0.4, -0.2) is 32.7 Å². The number of nitrogens with one attached hydrogen (secondary N) is 2. The summed E-state index contributed by atoms with van der Waals surface area (Å²) < 4.78 is 1.49. The van der Waals surface area contributed by atoms with Crippen molar-refractivity contribution < 1.29 is 4.79 Å². The summed E-state index contributed by atoms with van der Waals surface area (Å²) >= 11 is 1.21. The Morgan fingerprint density at radius 2 is 1.77 bits per heavy atom. The molecule has 5 rings (SSSR count). The molecule has 5 aromatic rings. The summed E-state index contributed by atoms with van der Waals surface area (Å²) in [6.07, 6.45) is 2.69. The van der Waals surface area contributed by atoms with Gasteiger partial charge >= 0.3 is 0 Å². The SMILES string of the molecule is N#Cc1ccc(-n2c(SCC(=O)NCCc3c[nH]c4ccccc34)nc3ccccc3c2=O)cc1. The fourth-order valence-corrected chi connectivity index (χ4v) is 4.82. The first-order valence-electron chi connectivity index (χ1n) is 11.1. The number of aromatic nitrogens is 3. The van der Waals surface area contributed by atoms with E-state index in [1.807, 2.05) is 30.5 Å². The lowest BCUT2D eigenvalue weighted by atomic mass is 10.1. The van der Waals surface area contributed by atoms with E-state index >= 15 is 0 Å². The molecule has 1 amide bonds. The first-order chi connectivity index (χ1) is 17.1. The highest BCUT2D eigenvalue weighted by atomic mass is 32.2. The number of carbonyl (C=O) groups is 1. The topological polar surface area (TPSA) is 104 Å². The average Bonchev–Trinajstić information content (AvgIpc) is 3.31. The van der Waals surface area contributed by atoms with Crippen molar-refractivity contribution in [3.05, 3.63) is 100 Å². The predicted molar refractivity (Wildman–Crippen MR) is 138 cm³/mol. The number of benzene rings is 3. The minimum atomic E-state index is -0.220. The van der Waals surface area contributed by atoms with Gasteiger partial charge in [-0.15, -0.1) is 0 Å². The number of fused-ring (bicyclic) bond motifs is 2. The summed E-state index contributed by atoms with van der Waals surface area (Å²) in [5.41, 5.74) is 3.67. The Bertz CT molecular complexity index is 1630. The minimum Gasteiger partial charge on any atom is -0.361 e. The molecule has 0 saturated heterocycles. The molecule has 0 atom stereocenters. The van der Waals surface area contributed by atoms with Gasteiger partial charge in [0.25, 0.3) is 5.56 Å². The molecule has 0 fully saturated rings. The molecule has 0 aliphatic carbocycles. The highest BCUT2D eigenvalue weighted by molar-refractivity contribution is 7.99. The van der Waals surface area contributed by atoms with E-state index in [1.54, 1.807) is 42.5 Å². The van der Waals surface area contributed by atoms with Crippen molar-refractivity contribution in [2.45, 2.75) is 11.6 Å². The number of thioether (sulfide) groups is 1. The van der Waals surface area contributed by atoms with Gasteiger partial charge in [0, 0.05) is 23.6 Å². The zero-order valence-electron chi connectivity index (χ0n) is 18.7. The summed E-state index contributed by atoms with van der Waals surface area (Å²) in [7, 11) is 0. The van der Waals surface area contributed by atoms with E-state index < -0.39 is 0 Å². The van der Waals surface area contributed by atoms with Gasteiger partial charge < -0.3 is 10.3 Å². The zero-order valence-corrected chi connectivity index (χ0v) is 19.5. The maximum Gasteiger partial charge on any atom is 0.266 e. The van der Waals surface area contributed by atoms with E-state index in [2.05, 4.69) is 27.4 Å². The fraction of sp³-hybridized carbons (Fsp3) is 0.111. The van der Waals surface area contributed by atoms with Gasteiger partial charge in [-0.05, 0) is 54.4 Å². The van der Waals surface area contributed by atoms with Crippen molar-refractivity contribution >= 4 is 39.5 Å². The quantitative estimate of drug-likeness (QED) is 0.269. The van der Waals surface area contributed by atoms with Crippen LogP contribution in [0.25, 0.3) is 27.5 Å². The molecule has 0 unspecified atom stereocenters. The number of rotatable bonds is 7. The third-order valence-corrected chi connectivity index (χ3v) is 6.66. The summed E-state index contributed by atoms with van der Waals surface area (Å²) in [6, 6.07) is 24.0. The van der Waals surface area contributed by atoms with Crippen LogP contribution >= 0.6 is 11.8 Å². The van der Waals surface area contributed by atoms with Gasteiger partial charge in [0.15, 0.2) is 5.16 Å². The summed E-state index contributed by atoms with van der Waals surface area (Å²) in [5, 5.41) is 14.1. The van der Waals surface area contributed by atoms with E-state index in [1.165, 1.54) is 16.3 Å². The largest absolute Gasteiger partial charge is 0.361 e. The van der Waals surface area contributed by atoms with Crippen LogP contribution in [0.2, 0.25) is 0 Å². The normalized spacial score (nSPS) is 10.9. The Morgan fingerprint density at radius 3 is 2.57 bits per heavy atom. The van der Waals surface area contributed by atoms with Gasteiger partial charge in [0.1, 0.15) is 0 Å². The van der Waals surface area contributed by atoms with Crippen LogP contribution in [0.4, 0.5) is 0 Å². The van der Waals surface area contributed by atoms with Crippen molar-refractivity contribution in [2.24, 2.45) is 0 Å². The Labute approximate surface area is 205 Å². The molecule has 0 radical (unpaired) electrons. The maximum absolute atomic E-state index is 13.3. The number of hydrogen-bond acceptors (Lipinski definition) is 5. The molecule has 0 aliphatic heterocycles. The number of amides is 1. The van der Waals surface area contributed by atoms with Gasteiger partial charge in [-0.25, -0.2) is 4.98 Å². The molecule has 35 heavy (non-hydrogen) atoms. The van der Waals surface area contributed by atoms with E-state index in [0.717, 1.165) is 16.5 Å². The van der Waals surface area contributed by atoms with Crippen molar-refractivity contribution in [1.29, 1.82) is 5.26 Å². The number of carbonyl (C=O) groups excluding carboxylic acids is 1. The van der Waals surface area contributed by atoms with Crippen LogP contribution in [0.1, 0.15) is 11.1 Å². The van der Waals surface area contributed by atoms with Crippen molar-refractivity contribution in [3.8, 4) is 11.8 Å². The van der Waals surface area contributed by atoms with Crippen molar-refractivity contribution in [1.82, 2.24) is 19.9 Å². The molecule has 2 heterocycles. The standard InChI is InChI=1S/C27H21N5O2S/c28-15-18-9-11-20(12-10-18)32-26(34)22-6-2-4-8-24(22)31-27(32)35-17-25(33)29-14-13-19-16-30-23-7-3-1-5-21(19)23/h1-12,16,30H,13-14,17H2,(H,29,33). The van der Waals surface area contributed by atoms with Gasteiger partial charge in [0.05, 0.1) is 34.0 Å². The molecule has 0 bridgehead atoms. The lowest BCUT2D eigenvalue weighted by molar-refractivity contribution is -0.118. The van der Waals surface area contributed by atoms with Crippen LogP contribution in [-0.2, 0) is 11.2 Å². The molecule has 7 nitrogen and oxygen atoms in total. The van der Waals surface area contributed by atoms with E-state index in [-0.39, 0.29) is 17.2 Å². The molecular weight excluding hydrogens is 458 g/mol. The van der Waals surface area contributed by atoms with E-state index in [0.29, 0.717) is 40.3 Å². The highest BCUT2D eigenvalue weighted by Crippen LogP contribution is 2.22. The third kappa shape index (κ3) is 4.67. The molecular formula is C27H21N5O2S. The fourth-order valence-electron chi connectivity index (χ4n) is 3.98. The van der Waals surface area contributed by atoms with E-state index in [9.17, 15) is 9.59 Å². The van der Waals surface area contributed by atoms with Crippen LogP contribution in [0.5, 0.6) is 0 Å². The molecule has 3 aromatic carbocycles. The molecule has 0 saturated carbocycles. The highest BCUT2D eigenvalue weighted by Gasteiger charge is 2.15. The van der Waals surface area contributed by atoms with Crippen LogP contribution in [0, 0.1) is 11.3 Å². The second kappa shape index (κ2) is 9.87. The summed E-state index contributed by atoms with van der Waals surface area (Å²) in [4.78, 5) is 33.8. The van der Waals surface area contributed by atoms with Crippen LogP contribution < -0.4 is 10.9 Å². The monoisotopic (exact) mass is 479 g/mol. The zero-order chi connectivity index (χ0) is 24.2. The predicted octanol–water partition coefficient (Wildman–Crippen LogP) is 4.19. The number of aromatic amines is 1. The molecule has 2 aromatic heterocycles. The number of nitriles is 1. The second-order valence-electron chi connectivity index (χ2n) is 7.96. The molecule has 0 spiro atoms. The first-order valence-corrected chi connectivity index (χ1v) is 12.1. The van der Waals surface area contributed by atoms with Crippen molar-refractivity contribution in [3.63, 3.8) is 0 Å². The average molecular weight is 480 g/mol. The first kappa shape index (κ1) is 22.4. The number of hydrogen-bond donors (Lipinski definition) is 2. The van der Waals surface area contributed by atoms with Gasteiger partial charge in [-0.2, -0.15) is 5.26 Å². The van der Waals surface area contributed by atoms with E-state index in [4.69, 9.17) is 5.26 Å². The molecule has 172 valence electrons. The Hall–Kier alpha value is -4.35. The lowest BCUT2D eigenvalue weighted by Gasteiger charge is -2.13. The van der Waals surface area contributed by atoms with Gasteiger partial charge in [-0.3, -0.25) is 14.2 Å². The third-order valence-electron chi connectivity index (χ3n) is 5.72. The van der Waals surface area contributed by atoms with Crippen LogP contribution in [0.3, 0.4) is 0 Å². The summed E-state index contributed by atoms with van der Waals surface area (Å²) in [6.45, 7) is 0.509. The van der Waals surface area contributed by atoms with Gasteiger partial charge in [-0.1, -0.05) is 42.1 Å². The molecule has 2 N–H and O–H groups in total. The molecule has 8 heteroatoms. The second-order valence-corrected chi connectivity index (χ2v) is 8.90. The summed E-state index contributed by atoms with van der Waals surface area (Å²) in [5.74, 6) is -0.0155. The van der Waals surface area contributed by atoms with Gasteiger partial charge in [0.2, 0.25) is 5.91 Å².